The number of amides is 1. The Balaban J connectivity index is 1.34. The Morgan fingerprint density at radius 2 is 2.09 bits per heavy atom. The molecular weight excluding hydrogens is 446 g/mol. The Bertz CT molecular complexity index is 1310. The van der Waals surface area contributed by atoms with Crippen LogP contribution in [-0.4, -0.2) is 69.1 Å². The maximum atomic E-state index is 13.2. The minimum atomic E-state index is 0.0372. The van der Waals surface area contributed by atoms with Gasteiger partial charge < -0.3 is 15.1 Å². The highest BCUT2D eigenvalue weighted by atomic mass is 32.1. The van der Waals surface area contributed by atoms with Gasteiger partial charge in [-0.2, -0.15) is 5.10 Å². The molecular formula is C25H31N7OS. The number of aromatic amines is 1. The lowest BCUT2D eigenvalue weighted by Gasteiger charge is -2.28. The number of carbonyl (C=O) groups is 1. The molecule has 0 bridgehead atoms. The van der Waals surface area contributed by atoms with Crippen molar-refractivity contribution in [2.75, 3.05) is 38.5 Å². The van der Waals surface area contributed by atoms with Gasteiger partial charge >= 0.3 is 0 Å². The second-order valence-electron chi connectivity index (χ2n) is 8.93. The van der Waals surface area contributed by atoms with Crippen molar-refractivity contribution in [1.82, 2.24) is 30.0 Å². The van der Waals surface area contributed by atoms with Crippen molar-refractivity contribution in [3.05, 3.63) is 41.2 Å². The average molecular weight is 478 g/mol. The number of benzene rings is 1. The van der Waals surface area contributed by atoms with Gasteiger partial charge in [0.1, 0.15) is 17.0 Å². The number of thiophene rings is 1. The lowest BCUT2D eigenvalue weighted by molar-refractivity contribution is -0.134. The van der Waals surface area contributed by atoms with Gasteiger partial charge in [-0.25, -0.2) is 9.97 Å². The van der Waals surface area contributed by atoms with Crippen molar-refractivity contribution in [1.29, 1.82) is 0 Å². The summed E-state index contributed by atoms with van der Waals surface area (Å²) in [4.78, 5) is 28.8. The van der Waals surface area contributed by atoms with E-state index in [9.17, 15) is 4.79 Å². The fourth-order valence-corrected chi connectivity index (χ4v) is 6.09. The zero-order valence-corrected chi connectivity index (χ0v) is 20.8. The van der Waals surface area contributed by atoms with E-state index in [0.29, 0.717) is 0 Å². The summed E-state index contributed by atoms with van der Waals surface area (Å²) in [6.07, 6.45) is 5.96. The van der Waals surface area contributed by atoms with E-state index in [1.807, 2.05) is 30.3 Å². The molecule has 178 valence electrons. The molecule has 1 unspecified atom stereocenters. The van der Waals surface area contributed by atoms with Crippen LogP contribution >= 0.6 is 11.3 Å². The van der Waals surface area contributed by atoms with Gasteiger partial charge in [-0.1, -0.05) is 13.8 Å². The number of nitrogens with zero attached hydrogens (tertiary/aromatic N) is 5. The van der Waals surface area contributed by atoms with Gasteiger partial charge in [-0.3, -0.25) is 9.89 Å². The van der Waals surface area contributed by atoms with E-state index in [1.165, 1.54) is 10.4 Å². The summed E-state index contributed by atoms with van der Waals surface area (Å²) in [5, 5.41) is 12.7. The van der Waals surface area contributed by atoms with Gasteiger partial charge in [0.25, 0.3) is 0 Å². The van der Waals surface area contributed by atoms with Crippen LogP contribution in [0.1, 0.15) is 30.7 Å². The Hall–Kier alpha value is -3.04. The highest BCUT2D eigenvalue weighted by Crippen LogP contribution is 2.40. The number of H-pyrrole nitrogens is 1. The highest BCUT2D eigenvalue weighted by molar-refractivity contribution is 7.19. The summed E-state index contributed by atoms with van der Waals surface area (Å²) in [6, 6.07) is 6.10. The van der Waals surface area contributed by atoms with Crippen molar-refractivity contribution in [3.63, 3.8) is 0 Å². The van der Waals surface area contributed by atoms with E-state index >= 15 is 0 Å². The Morgan fingerprint density at radius 1 is 1.24 bits per heavy atom. The molecule has 0 fully saturated rings. The topological polar surface area (TPSA) is 90.0 Å². The molecule has 4 aromatic rings. The summed E-state index contributed by atoms with van der Waals surface area (Å²) in [6.45, 7) is 8.05. The third-order valence-electron chi connectivity index (χ3n) is 6.92. The van der Waals surface area contributed by atoms with Gasteiger partial charge in [-0.05, 0) is 56.1 Å². The molecule has 3 aromatic heterocycles. The molecule has 1 aromatic carbocycles. The highest BCUT2D eigenvalue weighted by Gasteiger charge is 2.30. The minimum absolute atomic E-state index is 0.0372. The lowest BCUT2D eigenvalue weighted by atomic mass is 9.87. The second kappa shape index (κ2) is 9.68. The monoisotopic (exact) mass is 477 g/mol. The number of aromatic nitrogens is 4. The van der Waals surface area contributed by atoms with Gasteiger partial charge in [0, 0.05) is 42.0 Å². The predicted octanol–water partition coefficient (Wildman–Crippen LogP) is 4.22. The van der Waals surface area contributed by atoms with E-state index in [0.717, 1.165) is 78.1 Å². The molecule has 0 radical (unpaired) electrons. The molecule has 1 aliphatic carbocycles. The molecule has 1 atom stereocenters. The van der Waals surface area contributed by atoms with Crippen molar-refractivity contribution < 1.29 is 4.79 Å². The number of anilines is 2. The summed E-state index contributed by atoms with van der Waals surface area (Å²) in [5.41, 5.74) is 3.26. The van der Waals surface area contributed by atoms with Crippen LogP contribution in [0.5, 0.6) is 0 Å². The third-order valence-corrected chi connectivity index (χ3v) is 8.08. The smallest absolute Gasteiger partial charge is 0.225 e. The van der Waals surface area contributed by atoms with E-state index < -0.39 is 0 Å². The van der Waals surface area contributed by atoms with Gasteiger partial charge in [0.2, 0.25) is 5.91 Å². The fraction of sp³-hybridized carbons (Fsp3) is 0.440. The summed E-state index contributed by atoms with van der Waals surface area (Å²) >= 11 is 1.70. The summed E-state index contributed by atoms with van der Waals surface area (Å²) < 4.78 is 0. The minimum Gasteiger partial charge on any atom is -0.344 e. The first-order chi connectivity index (χ1) is 16.6. The predicted molar refractivity (Wildman–Crippen MR) is 138 cm³/mol. The van der Waals surface area contributed by atoms with Crippen LogP contribution in [-0.2, 0) is 17.6 Å². The standard InChI is InChI=1S/C25H31N7OS/c1-4-32(5-2)11-10-31(3)25(33)16-6-8-19-21(13-16)34-24-22(19)23(26-15-27-24)29-18-7-9-20-17(12-18)14-28-30-20/h7,9,12,14-16H,4-6,8,10-11,13H2,1-3H3,(H,28,30)(H,26,27,29). The third kappa shape index (κ3) is 4.37. The van der Waals surface area contributed by atoms with E-state index in [2.05, 4.69) is 50.3 Å². The molecule has 0 saturated carbocycles. The van der Waals surface area contributed by atoms with Crippen LogP contribution in [0.15, 0.2) is 30.7 Å². The zero-order chi connectivity index (χ0) is 23.7. The van der Waals surface area contributed by atoms with Crippen LogP contribution in [0, 0.1) is 5.92 Å². The Labute approximate surface area is 203 Å². The Morgan fingerprint density at radius 3 is 2.91 bits per heavy atom. The first-order valence-electron chi connectivity index (χ1n) is 12.0. The fourth-order valence-electron chi connectivity index (χ4n) is 4.83. The van der Waals surface area contributed by atoms with Crippen molar-refractivity contribution in [2.45, 2.75) is 33.1 Å². The molecule has 0 spiro atoms. The molecule has 1 amide bonds. The summed E-state index contributed by atoms with van der Waals surface area (Å²) in [5.74, 6) is 1.12. The SMILES string of the molecule is CCN(CC)CCN(C)C(=O)C1CCc2c(sc3ncnc(Nc4ccc5[nH]ncc5c4)c23)C1. The van der Waals surface area contributed by atoms with E-state index in [1.54, 1.807) is 17.7 Å². The summed E-state index contributed by atoms with van der Waals surface area (Å²) in [7, 11) is 1.94. The molecule has 1 aliphatic rings. The average Bonchev–Trinajstić information content (AvgIpc) is 3.48. The number of aryl methyl sites for hydroxylation is 1. The molecule has 0 saturated heterocycles. The van der Waals surface area contributed by atoms with Gasteiger partial charge in [-0.15, -0.1) is 11.3 Å². The number of carbonyl (C=O) groups excluding carboxylic acids is 1. The molecule has 3 heterocycles. The van der Waals surface area contributed by atoms with Gasteiger partial charge in [0.15, 0.2) is 0 Å². The Kier molecular flexibility index (Phi) is 6.47. The van der Waals surface area contributed by atoms with Crippen LogP contribution < -0.4 is 5.32 Å². The maximum Gasteiger partial charge on any atom is 0.225 e. The molecule has 9 heteroatoms. The van der Waals surface area contributed by atoms with Crippen LogP contribution in [0.4, 0.5) is 11.5 Å². The number of rotatable bonds is 8. The van der Waals surface area contributed by atoms with Crippen molar-refractivity contribution in [2.24, 2.45) is 5.92 Å². The first kappa shape index (κ1) is 22.7. The molecule has 5 rings (SSSR count). The van der Waals surface area contributed by atoms with Crippen LogP contribution in [0.2, 0.25) is 0 Å². The number of hydrogen-bond acceptors (Lipinski definition) is 7. The number of hydrogen-bond donors (Lipinski definition) is 2. The lowest BCUT2D eigenvalue weighted by Crippen LogP contribution is -2.40. The molecule has 8 nitrogen and oxygen atoms in total. The quantitative estimate of drug-likeness (QED) is 0.395. The van der Waals surface area contributed by atoms with E-state index in [-0.39, 0.29) is 11.8 Å². The molecule has 34 heavy (non-hydrogen) atoms. The number of fused-ring (bicyclic) bond motifs is 4. The first-order valence-corrected chi connectivity index (χ1v) is 12.8. The van der Waals surface area contributed by atoms with Crippen molar-refractivity contribution in [3.8, 4) is 0 Å². The number of likely N-dealkylation sites (N-methyl/N-ethyl adjacent to an activating group) is 2. The second-order valence-corrected chi connectivity index (χ2v) is 10.0. The van der Waals surface area contributed by atoms with E-state index in [4.69, 9.17) is 0 Å². The van der Waals surface area contributed by atoms with Crippen molar-refractivity contribution >= 4 is 49.9 Å². The van der Waals surface area contributed by atoms with Gasteiger partial charge in [0.05, 0.1) is 17.1 Å². The molecule has 2 N–H and O–H groups in total. The number of nitrogens with one attached hydrogen (secondary N) is 2. The normalized spacial score (nSPS) is 15.7. The largest absolute Gasteiger partial charge is 0.344 e. The van der Waals surface area contributed by atoms with Crippen LogP contribution in [0.25, 0.3) is 21.1 Å². The zero-order valence-electron chi connectivity index (χ0n) is 20.0. The van der Waals surface area contributed by atoms with Crippen LogP contribution in [0.3, 0.4) is 0 Å². The maximum absolute atomic E-state index is 13.2. The molecule has 0 aliphatic heterocycles.